The lowest BCUT2D eigenvalue weighted by molar-refractivity contribution is 1.10. The molecule has 4 nitrogen and oxygen atoms in total. The van der Waals surface area contributed by atoms with Gasteiger partial charge >= 0.3 is 0 Å². The van der Waals surface area contributed by atoms with Crippen molar-refractivity contribution in [3.05, 3.63) is 83.5 Å². The van der Waals surface area contributed by atoms with E-state index in [-0.39, 0.29) is 0 Å². The smallest absolute Gasteiger partial charge is 0.187 e. The Labute approximate surface area is 150 Å². The van der Waals surface area contributed by atoms with Gasteiger partial charge in [0.05, 0.1) is 5.69 Å². The van der Waals surface area contributed by atoms with Crippen molar-refractivity contribution < 1.29 is 0 Å². The molecule has 0 aliphatic rings. The number of aromatic nitrogens is 2. The zero-order chi connectivity index (χ0) is 17.2. The minimum Gasteiger partial charge on any atom is -0.283 e. The van der Waals surface area contributed by atoms with Gasteiger partial charge in [0.25, 0.3) is 0 Å². The number of azo groups is 1. The van der Waals surface area contributed by atoms with E-state index in [9.17, 15) is 0 Å². The third-order valence-corrected chi connectivity index (χ3v) is 4.14. The summed E-state index contributed by atoms with van der Waals surface area (Å²) in [5.74, 6) is 0.694. The zero-order valence-corrected chi connectivity index (χ0v) is 14.4. The standard InChI is InChI=1S/C20H15ClN4/c1-14-5-4-6-17(13-14)23-24-20-19(15-8-10-16(21)11-9-15)22-18-7-2-3-12-25(18)20/h2-13H,1H3. The van der Waals surface area contributed by atoms with Gasteiger partial charge in [0.1, 0.15) is 11.3 Å². The fraction of sp³-hybridized carbons (Fsp3) is 0.0500. The lowest BCUT2D eigenvalue weighted by Gasteiger charge is -2.00. The number of nitrogens with zero attached hydrogens (tertiary/aromatic N) is 4. The minimum absolute atomic E-state index is 0.690. The number of fused-ring (bicyclic) bond motifs is 1. The van der Waals surface area contributed by atoms with Gasteiger partial charge in [-0.05, 0) is 48.9 Å². The van der Waals surface area contributed by atoms with Crippen LogP contribution in [0.3, 0.4) is 0 Å². The summed E-state index contributed by atoms with van der Waals surface area (Å²) in [6, 6.07) is 21.4. The van der Waals surface area contributed by atoms with Crippen LogP contribution in [0.2, 0.25) is 5.02 Å². The molecule has 4 rings (SSSR count). The van der Waals surface area contributed by atoms with Crippen molar-refractivity contribution in [1.29, 1.82) is 0 Å². The average molecular weight is 347 g/mol. The first-order chi connectivity index (χ1) is 12.2. The van der Waals surface area contributed by atoms with Crippen molar-refractivity contribution in [2.45, 2.75) is 6.92 Å². The summed E-state index contributed by atoms with van der Waals surface area (Å²) >= 11 is 6.01. The number of halogens is 1. The summed E-state index contributed by atoms with van der Waals surface area (Å²) in [6.07, 6.45) is 1.94. The molecule has 0 unspecified atom stereocenters. The third-order valence-electron chi connectivity index (χ3n) is 3.88. The van der Waals surface area contributed by atoms with Crippen LogP contribution in [-0.2, 0) is 0 Å². The van der Waals surface area contributed by atoms with Crippen molar-refractivity contribution in [2.24, 2.45) is 10.2 Å². The molecule has 0 fully saturated rings. The summed E-state index contributed by atoms with van der Waals surface area (Å²) in [6.45, 7) is 2.03. The van der Waals surface area contributed by atoms with Crippen LogP contribution in [0.1, 0.15) is 5.56 Å². The summed E-state index contributed by atoms with van der Waals surface area (Å²) in [5, 5.41) is 9.59. The van der Waals surface area contributed by atoms with Crippen LogP contribution in [0.5, 0.6) is 0 Å². The van der Waals surface area contributed by atoms with Crippen molar-refractivity contribution in [1.82, 2.24) is 9.38 Å². The van der Waals surface area contributed by atoms with Gasteiger partial charge in [-0.2, -0.15) is 0 Å². The van der Waals surface area contributed by atoms with Gasteiger partial charge in [0.2, 0.25) is 0 Å². The van der Waals surface area contributed by atoms with Crippen LogP contribution in [0.25, 0.3) is 16.9 Å². The Morgan fingerprint density at radius 1 is 0.920 bits per heavy atom. The van der Waals surface area contributed by atoms with Gasteiger partial charge in [-0.15, -0.1) is 10.2 Å². The molecule has 5 heteroatoms. The normalized spacial score (nSPS) is 11.4. The van der Waals surface area contributed by atoms with E-state index >= 15 is 0 Å². The highest BCUT2D eigenvalue weighted by Crippen LogP contribution is 2.32. The number of imidazole rings is 1. The summed E-state index contributed by atoms with van der Waals surface area (Å²) in [5.41, 5.74) is 4.51. The lowest BCUT2D eigenvalue weighted by Crippen LogP contribution is -1.81. The number of hydrogen-bond donors (Lipinski definition) is 0. The van der Waals surface area contributed by atoms with E-state index in [1.165, 1.54) is 0 Å². The first-order valence-electron chi connectivity index (χ1n) is 7.92. The number of benzene rings is 2. The molecule has 2 aromatic heterocycles. The topological polar surface area (TPSA) is 42.0 Å². The zero-order valence-electron chi connectivity index (χ0n) is 13.6. The first-order valence-corrected chi connectivity index (χ1v) is 8.30. The Morgan fingerprint density at radius 3 is 2.56 bits per heavy atom. The van der Waals surface area contributed by atoms with E-state index < -0.39 is 0 Å². The van der Waals surface area contributed by atoms with Gasteiger partial charge in [0, 0.05) is 16.8 Å². The number of pyridine rings is 1. The molecule has 0 radical (unpaired) electrons. The number of hydrogen-bond acceptors (Lipinski definition) is 3. The van der Waals surface area contributed by atoms with Crippen LogP contribution >= 0.6 is 11.6 Å². The van der Waals surface area contributed by atoms with Crippen LogP contribution < -0.4 is 0 Å². The van der Waals surface area contributed by atoms with Crippen LogP contribution in [-0.4, -0.2) is 9.38 Å². The minimum atomic E-state index is 0.690. The Kier molecular flexibility index (Phi) is 4.04. The molecule has 0 spiro atoms. The third kappa shape index (κ3) is 3.16. The summed E-state index contributed by atoms with van der Waals surface area (Å²) in [7, 11) is 0. The molecule has 2 aromatic carbocycles. The first kappa shape index (κ1) is 15.5. The molecule has 2 heterocycles. The maximum atomic E-state index is 6.01. The molecule has 0 saturated heterocycles. The van der Waals surface area contributed by atoms with Crippen LogP contribution in [0, 0.1) is 6.92 Å². The van der Waals surface area contributed by atoms with Crippen LogP contribution in [0.4, 0.5) is 11.5 Å². The maximum absolute atomic E-state index is 6.01. The van der Waals surface area contributed by atoms with Crippen molar-refractivity contribution in [3.63, 3.8) is 0 Å². The second-order valence-electron chi connectivity index (χ2n) is 5.76. The van der Waals surface area contributed by atoms with Crippen molar-refractivity contribution in [3.8, 4) is 11.3 Å². The predicted molar refractivity (Wildman–Crippen MR) is 101 cm³/mol. The second kappa shape index (κ2) is 6.49. The number of aryl methyl sites for hydroxylation is 1. The van der Waals surface area contributed by atoms with E-state index in [0.29, 0.717) is 10.8 Å². The Bertz CT molecular complexity index is 1060. The predicted octanol–water partition coefficient (Wildman–Crippen LogP) is 6.38. The second-order valence-corrected chi connectivity index (χ2v) is 6.20. The van der Waals surface area contributed by atoms with Gasteiger partial charge in [-0.1, -0.05) is 41.9 Å². The molecular formula is C20H15ClN4. The Morgan fingerprint density at radius 2 is 1.76 bits per heavy atom. The summed E-state index contributed by atoms with van der Waals surface area (Å²) in [4.78, 5) is 4.71. The monoisotopic (exact) mass is 346 g/mol. The van der Waals surface area contributed by atoms with E-state index in [0.717, 1.165) is 28.2 Å². The molecule has 0 aliphatic heterocycles. The highest BCUT2D eigenvalue weighted by Gasteiger charge is 2.13. The average Bonchev–Trinajstić information content (AvgIpc) is 2.99. The van der Waals surface area contributed by atoms with E-state index in [1.54, 1.807) is 0 Å². The van der Waals surface area contributed by atoms with Gasteiger partial charge in [0.15, 0.2) is 5.82 Å². The quantitative estimate of drug-likeness (QED) is 0.397. The Balaban J connectivity index is 1.86. The summed E-state index contributed by atoms with van der Waals surface area (Å²) < 4.78 is 1.93. The molecule has 122 valence electrons. The molecule has 0 saturated carbocycles. The Hall–Kier alpha value is -2.98. The largest absolute Gasteiger partial charge is 0.283 e. The van der Waals surface area contributed by atoms with Crippen molar-refractivity contribution in [2.75, 3.05) is 0 Å². The molecule has 0 N–H and O–H groups in total. The van der Waals surface area contributed by atoms with E-state index in [2.05, 4.69) is 10.2 Å². The van der Waals surface area contributed by atoms with Gasteiger partial charge < -0.3 is 0 Å². The molecule has 0 aliphatic carbocycles. The molecule has 0 bridgehead atoms. The molecule has 0 atom stereocenters. The number of rotatable bonds is 3. The highest BCUT2D eigenvalue weighted by molar-refractivity contribution is 6.30. The maximum Gasteiger partial charge on any atom is 0.187 e. The van der Waals surface area contributed by atoms with Crippen LogP contribution in [0.15, 0.2) is 83.2 Å². The fourth-order valence-corrected chi connectivity index (χ4v) is 2.80. The molecule has 4 aromatic rings. The van der Waals surface area contributed by atoms with Gasteiger partial charge in [-0.25, -0.2) is 4.98 Å². The fourth-order valence-electron chi connectivity index (χ4n) is 2.68. The van der Waals surface area contributed by atoms with E-state index in [1.807, 2.05) is 84.3 Å². The molecular weight excluding hydrogens is 332 g/mol. The highest BCUT2D eigenvalue weighted by atomic mass is 35.5. The van der Waals surface area contributed by atoms with Crippen molar-refractivity contribution >= 4 is 28.8 Å². The SMILES string of the molecule is Cc1cccc(N=Nc2c(-c3ccc(Cl)cc3)nc3ccccn23)c1. The molecule has 0 amide bonds. The van der Waals surface area contributed by atoms with E-state index in [4.69, 9.17) is 16.6 Å². The molecule has 25 heavy (non-hydrogen) atoms. The lowest BCUT2D eigenvalue weighted by atomic mass is 10.1. The van der Waals surface area contributed by atoms with Gasteiger partial charge in [-0.3, -0.25) is 4.40 Å².